The Bertz CT molecular complexity index is 900. The Balaban J connectivity index is 1.72. The Morgan fingerprint density at radius 2 is 1.96 bits per heavy atom. The number of ether oxygens (including phenoxy) is 1. The van der Waals surface area contributed by atoms with E-state index >= 15 is 0 Å². The fraction of sp³-hybridized carbons (Fsp3) is 0.526. The van der Waals surface area contributed by atoms with Crippen LogP contribution in [-0.4, -0.2) is 46.6 Å². The van der Waals surface area contributed by atoms with Gasteiger partial charge >= 0.3 is 11.1 Å². The molecule has 1 aromatic heterocycles. The summed E-state index contributed by atoms with van der Waals surface area (Å²) in [5.41, 5.74) is 0.0117. The third-order valence-electron chi connectivity index (χ3n) is 4.70. The van der Waals surface area contributed by atoms with E-state index < -0.39 is 11.1 Å². The third-order valence-corrected chi connectivity index (χ3v) is 4.70. The van der Waals surface area contributed by atoms with Crippen molar-refractivity contribution in [1.29, 1.82) is 0 Å². The summed E-state index contributed by atoms with van der Waals surface area (Å²) >= 11 is 0. The molecule has 140 valence electrons. The Morgan fingerprint density at radius 3 is 2.69 bits per heavy atom. The molecule has 2 aromatic rings. The topological polar surface area (TPSA) is 95.3 Å². The second kappa shape index (κ2) is 7.86. The molecule has 1 saturated heterocycles. The molecule has 7 nitrogen and oxygen atoms in total. The van der Waals surface area contributed by atoms with Gasteiger partial charge in [-0.05, 0) is 30.5 Å². The maximum atomic E-state index is 12.8. The van der Waals surface area contributed by atoms with Crippen LogP contribution in [0.1, 0.15) is 43.5 Å². The summed E-state index contributed by atoms with van der Waals surface area (Å²) in [7, 11) is 0. The lowest BCUT2D eigenvalue weighted by molar-refractivity contribution is -0.0260. The fourth-order valence-corrected chi connectivity index (χ4v) is 3.26. The van der Waals surface area contributed by atoms with E-state index in [1.807, 2.05) is 0 Å². The maximum Gasteiger partial charge on any atom is 0.314 e. The normalized spacial score (nSPS) is 17.8. The van der Waals surface area contributed by atoms with Crippen LogP contribution in [0.15, 0.2) is 27.8 Å². The van der Waals surface area contributed by atoms with Crippen LogP contribution in [0.3, 0.4) is 0 Å². The van der Waals surface area contributed by atoms with Crippen molar-refractivity contribution in [1.82, 2.24) is 14.9 Å². The quantitative estimate of drug-likeness (QED) is 0.797. The molecule has 3 rings (SSSR count). The summed E-state index contributed by atoms with van der Waals surface area (Å²) in [5, 5.41) is 0. The number of hydrogen-bond acceptors (Lipinski definition) is 4. The number of aromatic amines is 2. The summed E-state index contributed by atoms with van der Waals surface area (Å²) in [6.45, 7) is 6.08. The highest BCUT2D eigenvalue weighted by Gasteiger charge is 2.25. The molecule has 7 heteroatoms. The average molecular weight is 359 g/mol. The predicted octanol–water partition coefficient (Wildman–Crippen LogP) is 1.88. The smallest absolute Gasteiger partial charge is 0.314 e. The summed E-state index contributed by atoms with van der Waals surface area (Å²) < 4.78 is 5.79. The van der Waals surface area contributed by atoms with Crippen LogP contribution in [-0.2, 0) is 4.74 Å². The minimum absolute atomic E-state index is 0.0723. The van der Waals surface area contributed by atoms with E-state index in [0.717, 1.165) is 19.3 Å². The summed E-state index contributed by atoms with van der Waals surface area (Å²) in [6.07, 6.45) is 3.27. The maximum absolute atomic E-state index is 12.8. The van der Waals surface area contributed by atoms with Crippen LogP contribution < -0.4 is 11.1 Å². The molecular formula is C19H25N3O4. The molecule has 1 amide bonds. The van der Waals surface area contributed by atoms with Crippen LogP contribution in [0.25, 0.3) is 11.0 Å². The van der Waals surface area contributed by atoms with Gasteiger partial charge in [0.1, 0.15) is 0 Å². The SMILES string of the molecule is CC(C)CCCC1CN(C(=O)c2ccc3[nH]c(=O)c(=O)[nH]c3c2)CCO1. The van der Waals surface area contributed by atoms with Gasteiger partial charge in [-0.3, -0.25) is 14.4 Å². The van der Waals surface area contributed by atoms with Gasteiger partial charge in [0.2, 0.25) is 0 Å². The molecular weight excluding hydrogens is 334 g/mol. The van der Waals surface area contributed by atoms with Crippen LogP contribution in [0, 0.1) is 5.92 Å². The molecule has 1 fully saturated rings. The molecule has 0 spiro atoms. The number of carbonyl (C=O) groups excluding carboxylic acids is 1. The van der Waals surface area contributed by atoms with E-state index in [1.165, 1.54) is 0 Å². The van der Waals surface area contributed by atoms with Crippen molar-refractivity contribution >= 4 is 16.9 Å². The fourth-order valence-electron chi connectivity index (χ4n) is 3.26. The predicted molar refractivity (Wildman–Crippen MR) is 99.5 cm³/mol. The monoisotopic (exact) mass is 359 g/mol. The van der Waals surface area contributed by atoms with Gasteiger partial charge in [-0.25, -0.2) is 0 Å². The molecule has 1 atom stereocenters. The molecule has 2 N–H and O–H groups in total. The molecule has 1 aliphatic heterocycles. The van der Waals surface area contributed by atoms with Gasteiger partial charge in [-0.2, -0.15) is 0 Å². The van der Waals surface area contributed by atoms with E-state index in [1.54, 1.807) is 23.1 Å². The van der Waals surface area contributed by atoms with Gasteiger partial charge in [0.05, 0.1) is 23.7 Å². The molecule has 0 aliphatic carbocycles. The molecule has 0 radical (unpaired) electrons. The van der Waals surface area contributed by atoms with Crippen LogP contribution in [0.2, 0.25) is 0 Å². The second-order valence-electron chi connectivity index (χ2n) is 7.24. The van der Waals surface area contributed by atoms with Crippen LogP contribution in [0.5, 0.6) is 0 Å². The highest BCUT2D eigenvalue weighted by atomic mass is 16.5. The summed E-state index contributed by atoms with van der Waals surface area (Å²) in [4.78, 5) is 42.5. The van der Waals surface area contributed by atoms with Gasteiger partial charge in [0.25, 0.3) is 5.91 Å². The first kappa shape index (κ1) is 18.4. The second-order valence-corrected chi connectivity index (χ2v) is 7.24. The van der Waals surface area contributed by atoms with Gasteiger partial charge in [-0.1, -0.05) is 26.7 Å². The van der Waals surface area contributed by atoms with Crippen molar-refractivity contribution in [2.24, 2.45) is 5.92 Å². The molecule has 1 aliphatic rings. The number of amides is 1. The first-order valence-corrected chi connectivity index (χ1v) is 9.11. The lowest BCUT2D eigenvalue weighted by Gasteiger charge is -2.33. The van der Waals surface area contributed by atoms with Gasteiger partial charge in [0, 0.05) is 18.7 Å². The molecule has 1 unspecified atom stereocenters. The number of hydrogen-bond donors (Lipinski definition) is 2. The molecule has 0 saturated carbocycles. The third kappa shape index (κ3) is 4.22. The molecule has 26 heavy (non-hydrogen) atoms. The van der Waals surface area contributed by atoms with Crippen molar-refractivity contribution in [3.8, 4) is 0 Å². The standard InChI is InChI=1S/C19H25N3O4/c1-12(2)4-3-5-14-11-22(8-9-26-14)19(25)13-6-7-15-16(10-13)21-18(24)17(23)20-15/h6-7,10,12,14H,3-5,8-9,11H2,1-2H3,(H,20,23)(H,21,24). The zero-order valence-electron chi connectivity index (χ0n) is 15.2. The lowest BCUT2D eigenvalue weighted by atomic mass is 10.0. The Labute approximate surface area is 151 Å². The van der Waals surface area contributed by atoms with Crippen molar-refractivity contribution in [3.05, 3.63) is 44.5 Å². The van der Waals surface area contributed by atoms with Crippen LogP contribution in [0.4, 0.5) is 0 Å². The Hall–Kier alpha value is -2.41. The number of rotatable bonds is 5. The van der Waals surface area contributed by atoms with E-state index in [9.17, 15) is 14.4 Å². The van der Waals surface area contributed by atoms with E-state index in [-0.39, 0.29) is 12.0 Å². The number of benzene rings is 1. The minimum Gasteiger partial charge on any atom is -0.375 e. The van der Waals surface area contributed by atoms with Gasteiger partial charge in [-0.15, -0.1) is 0 Å². The summed E-state index contributed by atoms with van der Waals surface area (Å²) in [5.74, 6) is 0.582. The van der Waals surface area contributed by atoms with E-state index in [4.69, 9.17) is 4.74 Å². The number of nitrogens with one attached hydrogen (secondary N) is 2. The number of morpholine rings is 1. The number of nitrogens with zero attached hydrogens (tertiary/aromatic N) is 1. The zero-order valence-corrected chi connectivity index (χ0v) is 15.2. The Kier molecular flexibility index (Phi) is 5.56. The lowest BCUT2D eigenvalue weighted by Crippen LogP contribution is -2.45. The first-order chi connectivity index (χ1) is 12.4. The summed E-state index contributed by atoms with van der Waals surface area (Å²) in [6, 6.07) is 4.92. The molecule has 0 bridgehead atoms. The highest BCUT2D eigenvalue weighted by Crippen LogP contribution is 2.17. The largest absolute Gasteiger partial charge is 0.375 e. The van der Waals surface area contributed by atoms with Crippen molar-refractivity contribution in [2.45, 2.75) is 39.2 Å². The van der Waals surface area contributed by atoms with E-state index in [0.29, 0.717) is 42.2 Å². The minimum atomic E-state index is -0.723. The van der Waals surface area contributed by atoms with Crippen molar-refractivity contribution in [3.63, 3.8) is 0 Å². The number of aromatic nitrogens is 2. The number of fused-ring (bicyclic) bond motifs is 1. The highest BCUT2D eigenvalue weighted by molar-refractivity contribution is 5.97. The molecule has 1 aromatic carbocycles. The Morgan fingerprint density at radius 1 is 1.23 bits per heavy atom. The van der Waals surface area contributed by atoms with Gasteiger partial charge < -0.3 is 19.6 Å². The van der Waals surface area contributed by atoms with E-state index in [2.05, 4.69) is 23.8 Å². The van der Waals surface area contributed by atoms with Crippen molar-refractivity contribution < 1.29 is 9.53 Å². The number of H-pyrrole nitrogens is 2. The number of carbonyl (C=O) groups is 1. The average Bonchev–Trinajstić information content (AvgIpc) is 2.62. The van der Waals surface area contributed by atoms with Crippen molar-refractivity contribution in [2.75, 3.05) is 19.7 Å². The van der Waals surface area contributed by atoms with Crippen LogP contribution >= 0.6 is 0 Å². The first-order valence-electron chi connectivity index (χ1n) is 9.11. The zero-order chi connectivity index (χ0) is 18.7. The molecule has 2 heterocycles. The van der Waals surface area contributed by atoms with Gasteiger partial charge in [0.15, 0.2) is 0 Å².